The predicted molar refractivity (Wildman–Crippen MR) is 80.0 cm³/mol. The Morgan fingerprint density at radius 2 is 2.25 bits per heavy atom. The van der Waals surface area contributed by atoms with E-state index in [0.717, 1.165) is 17.1 Å². The van der Waals surface area contributed by atoms with Gasteiger partial charge in [-0.25, -0.2) is 4.98 Å². The molecule has 0 aliphatic rings. The van der Waals surface area contributed by atoms with E-state index >= 15 is 0 Å². The third kappa shape index (κ3) is 3.26. The number of hydrogen-bond donors (Lipinski definition) is 0. The highest BCUT2D eigenvalue weighted by atomic mass is 16.5. The van der Waals surface area contributed by atoms with E-state index in [4.69, 9.17) is 4.74 Å². The minimum absolute atomic E-state index is 0.455. The van der Waals surface area contributed by atoms with Crippen molar-refractivity contribution in [3.63, 3.8) is 0 Å². The fraction of sp³-hybridized carbons (Fsp3) is 0.200. The second kappa shape index (κ2) is 6.56. The van der Waals surface area contributed by atoms with E-state index in [2.05, 4.69) is 16.7 Å². The largest absolute Gasteiger partial charge is 0.489 e. The molecule has 5 heteroatoms. The highest BCUT2D eigenvalue weighted by Crippen LogP contribution is 2.20. The van der Waals surface area contributed by atoms with Crippen LogP contribution in [-0.2, 0) is 0 Å². The lowest BCUT2D eigenvalue weighted by molar-refractivity contribution is 0.362. The van der Waals surface area contributed by atoms with Crippen LogP contribution in [0.1, 0.15) is 5.56 Å². The molecule has 0 spiro atoms. The SMILES string of the molecule is C=CCOc1ccccc1C(=NN(C)C)n1ccnc1. The first kappa shape index (κ1) is 13.9. The lowest BCUT2D eigenvalue weighted by Crippen LogP contribution is -2.18. The lowest BCUT2D eigenvalue weighted by Gasteiger charge is -2.15. The number of ether oxygens (including phenoxy) is 1. The first-order valence-corrected chi connectivity index (χ1v) is 6.29. The molecule has 1 aromatic heterocycles. The zero-order valence-electron chi connectivity index (χ0n) is 11.7. The Morgan fingerprint density at radius 1 is 1.45 bits per heavy atom. The van der Waals surface area contributed by atoms with Gasteiger partial charge in [0.25, 0.3) is 0 Å². The van der Waals surface area contributed by atoms with Crippen LogP contribution < -0.4 is 4.74 Å². The average Bonchev–Trinajstić information content (AvgIpc) is 2.97. The molecule has 2 rings (SSSR count). The van der Waals surface area contributed by atoms with E-state index < -0.39 is 0 Å². The van der Waals surface area contributed by atoms with Gasteiger partial charge in [0.05, 0.1) is 5.56 Å². The number of nitrogens with zero attached hydrogens (tertiary/aromatic N) is 4. The van der Waals surface area contributed by atoms with Crippen LogP contribution in [0.25, 0.3) is 0 Å². The van der Waals surface area contributed by atoms with Crippen LogP contribution in [-0.4, -0.2) is 41.1 Å². The van der Waals surface area contributed by atoms with Crippen molar-refractivity contribution in [3.05, 3.63) is 61.2 Å². The van der Waals surface area contributed by atoms with E-state index in [0.29, 0.717) is 6.61 Å². The molecule has 0 amide bonds. The fourth-order valence-corrected chi connectivity index (χ4v) is 1.74. The van der Waals surface area contributed by atoms with Crippen LogP contribution in [0.3, 0.4) is 0 Å². The van der Waals surface area contributed by atoms with Gasteiger partial charge in [0, 0.05) is 26.5 Å². The van der Waals surface area contributed by atoms with Gasteiger partial charge >= 0.3 is 0 Å². The summed E-state index contributed by atoms with van der Waals surface area (Å²) in [5.74, 6) is 1.52. The van der Waals surface area contributed by atoms with E-state index in [1.54, 1.807) is 23.6 Å². The first-order chi connectivity index (χ1) is 9.72. The number of rotatable bonds is 5. The molecule has 0 N–H and O–H groups in total. The Kier molecular flexibility index (Phi) is 4.55. The van der Waals surface area contributed by atoms with E-state index in [1.807, 2.05) is 49.1 Å². The van der Waals surface area contributed by atoms with Crippen molar-refractivity contribution in [1.29, 1.82) is 0 Å². The van der Waals surface area contributed by atoms with Gasteiger partial charge in [-0.15, -0.1) is 0 Å². The van der Waals surface area contributed by atoms with Gasteiger partial charge in [-0.1, -0.05) is 24.8 Å². The van der Waals surface area contributed by atoms with Gasteiger partial charge in [0.2, 0.25) is 0 Å². The Balaban J connectivity index is 2.47. The van der Waals surface area contributed by atoms with Crippen molar-refractivity contribution in [1.82, 2.24) is 14.6 Å². The smallest absolute Gasteiger partial charge is 0.168 e. The Hall–Kier alpha value is -2.56. The maximum absolute atomic E-state index is 5.70. The molecule has 0 unspecified atom stereocenters. The third-order valence-electron chi connectivity index (χ3n) is 2.53. The van der Waals surface area contributed by atoms with Gasteiger partial charge in [0.15, 0.2) is 5.84 Å². The Morgan fingerprint density at radius 3 is 2.90 bits per heavy atom. The number of hydrazone groups is 1. The lowest BCUT2D eigenvalue weighted by atomic mass is 10.2. The third-order valence-corrected chi connectivity index (χ3v) is 2.53. The Bertz CT molecular complexity index is 588. The summed E-state index contributed by atoms with van der Waals surface area (Å²) >= 11 is 0. The van der Waals surface area contributed by atoms with E-state index in [-0.39, 0.29) is 0 Å². The maximum atomic E-state index is 5.70. The molecule has 20 heavy (non-hydrogen) atoms. The summed E-state index contributed by atoms with van der Waals surface area (Å²) in [5.41, 5.74) is 0.904. The first-order valence-electron chi connectivity index (χ1n) is 6.29. The second-order valence-electron chi connectivity index (χ2n) is 4.34. The number of imidazole rings is 1. The van der Waals surface area contributed by atoms with Crippen LogP contribution in [0.4, 0.5) is 0 Å². The molecule has 0 bridgehead atoms. The molecule has 5 nitrogen and oxygen atoms in total. The molecular weight excluding hydrogens is 252 g/mol. The molecule has 0 radical (unpaired) electrons. The van der Waals surface area contributed by atoms with E-state index in [1.165, 1.54) is 0 Å². The highest BCUT2D eigenvalue weighted by molar-refractivity contribution is 6.02. The summed E-state index contributed by atoms with van der Waals surface area (Å²) in [5, 5.41) is 6.28. The summed E-state index contributed by atoms with van der Waals surface area (Å²) in [7, 11) is 3.76. The predicted octanol–water partition coefficient (Wildman–Crippen LogP) is 2.22. The maximum Gasteiger partial charge on any atom is 0.168 e. The highest BCUT2D eigenvalue weighted by Gasteiger charge is 2.12. The minimum Gasteiger partial charge on any atom is -0.489 e. The van der Waals surface area contributed by atoms with Crippen LogP contribution in [0.2, 0.25) is 0 Å². The van der Waals surface area contributed by atoms with Crippen LogP contribution in [0.15, 0.2) is 60.7 Å². The van der Waals surface area contributed by atoms with Crippen molar-refractivity contribution in [2.45, 2.75) is 0 Å². The quantitative estimate of drug-likeness (QED) is 0.362. The minimum atomic E-state index is 0.455. The van der Waals surface area contributed by atoms with Gasteiger partial charge in [0.1, 0.15) is 18.7 Å². The Labute approximate surface area is 118 Å². The number of aromatic nitrogens is 2. The number of benzene rings is 1. The second-order valence-corrected chi connectivity index (χ2v) is 4.34. The van der Waals surface area contributed by atoms with Gasteiger partial charge < -0.3 is 9.75 Å². The molecule has 104 valence electrons. The van der Waals surface area contributed by atoms with Crippen molar-refractivity contribution < 1.29 is 4.74 Å². The summed E-state index contributed by atoms with van der Waals surface area (Å²) < 4.78 is 7.55. The molecule has 1 aromatic carbocycles. The van der Waals surface area contributed by atoms with Crippen molar-refractivity contribution in [2.24, 2.45) is 5.10 Å². The van der Waals surface area contributed by atoms with Gasteiger partial charge in [-0.3, -0.25) is 4.57 Å². The molecule has 0 aliphatic carbocycles. The summed E-state index contributed by atoms with van der Waals surface area (Å²) in [6, 6.07) is 7.78. The summed E-state index contributed by atoms with van der Waals surface area (Å²) in [6.45, 7) is 4.12. The van der Waals surface area contributed by atoms with Crippen LogP contribution >= 0.6 is 0 Å². The van der Waals surface area contributed by atoms with Crippen molar-refractivity contribution >= 4 is 5.84 Å². The molecule has 0 atom stereocenters. The summed E-state index contributed by atoms with van der Waals surface area (Å²) in [6.07, 6.45) is 7.01. The molecule has 0 saturated heterocycles. The van der Waals surface area contributed by atoms with Crippen LogP contribution in [0, 0.1) is 0 Å². The normalized spacial score (nSPS) is 11.2. The van der Waals surface area contributed by atoms with Gasteiger partial charge in [-0.05, 0) is 12.1 Å². The number of para-hydroxylation sites is 1. The fourth-order valence-electron chi connectivity index (χ4n) is 1.74. The zero-order chi connectivity index (χ0) is 14.4. The number of hydrogen-bond acceptors (Lipinski definition) is 4. The average molecular weight is 270 g/mol. The molecular formula is C15H18N4O. The molecule has 0 saturated carbocycles. The molecule has 2 aromatic rings. The monoisotopic (exact) mass is 270 g/mol. The van der Waals surface area contributed by atoms with Crippen molar-refractivity contribution in [3.8, 4) is 5.75 Å². The van der Waals surface area contributed by atoms with Gasteiger partial charge in [-0.2, -0.15) is 5.10 Å². The summed E-state index contributed by atoms with van der Waals surface area (Å²) in [4.78, 5) is 4.07. The molecule has 1 heterocycles. The van der Waals surface area contributed by atoms with E-state index in [9.17, 15) is 0 Å². The zero-order valence-corrected chi connectivity index (χ0v) is 11.7. The molecule has 0 aliphatic heterocycles. The van der Waals surface area contributed by atoms with Crippen LogP contribution in [0.5, 0.6) is 5.75 Å². The molecule has 0 fully saturated rings. The van der Waals surface area contributed by atoms with Crippen molar-refractivity contribution in [2.75, 3.05) is 20.7 Å². The topological polar surface area (TPSA) is 42.6 Å². The standard InChI is InChI=1S/C15H18N4O/c1-4-11-20-14-8-6-5-7-13(14)15(17-18(2)3)19-10-9-16-12-19/h4-10,12H,1,11H2,2-3H3.